The molecule has 0 spiro atoms. The summed E-state index contributed by atoms with van der Waals surface area (Å²) < 4.78 is 0. The molecular weight excluding hydrogens is 206 g/mol. The molecular formula is C12H21NOS. The summed E-state index contributed by atoms with van der Waals surface area (Å²) in [5.74, 6) is 0. The van der Waals surface area contributed by atoms with Gasteiger partial charge in [-0.25, -0.2) is 0 Å². The van der Waals surface area contributed by atoms with Crippen LogP contribution in [0.4, 0.5) is 0 Å². The summed E-state index contributed by atoms with van der Waals surface area (Å²) in [7, 11) is 0. The van der Waals surface area contributed by atoms with E-state index in [1.165, 1.54) is 10.4 Å². The van der Waals surface area contributed by atoms with Crippen LogP contribution in [0.1, 0.15) is 43.2 Å². The van der Waals surface area contributed by atoms with Crippen LogP contribution in [0.25, 0.3) is 0 Å². The lowest BCUT2D eigenvalue weighted by molar-refractivity contribution is 0.274. The maximum absolute atomic E-state index is 8.75. The Labute approximate surface area is 96.3 Å². The van der Waals surface area contributed by atoms with Gasteiger partial charge in [-0.2, -0.15) is 0 Å². The van der Waals surface area contributed by atoms with Crippen molar-refractivity contribution in [3.63, 3.8) is 0 Å². The maximum atomic E-state index is 8.75. The minimum atomic E-state index is 0.290. The maximum Gasteiger partial charge on any atom is 0.0431 e. The molecule has 1 aromatic rings. The number of aliphatic hydroxyl groups is 1. The van der Waals surface area contributed by atoms with Crippen molar-refractivity contribution in [3.05, 3.63) is 21.9 Å². The molecule has 0 unspecified atom stereocenters. The number of hydrogen-bond donors (Lipinski definition) is 2. The molecule has 0 fully saturated rings. The molecule has 0 aliphatic carbocycles. The normalized spacial score (nSPS) is 15.2. The Hall–Kier alpha value is -0.380. The summed E-state index contributed by atoms with van der Waals surface area (Å²) in [6, 6.07) is 3.05. The van der Waals surface area contributed by atoms with Gasteiger partial charge in [0.1, 0.15) is 0 Å². The Morgan fingerprint density at radius 1 is 1.47 bits per heavy atom. The molecule has 1 rings (SSSR count). The molecule has 3 heteroatoms. The van der Waals surface area contributed by atoms with Crippen LogP contribution in [0.2, 0.25) is 0 Å². The van der Waals surface area contributed by atoms with Crippen molar-refractivity contribution in [3.8, 4) is 0 Å². The first-order valence-electron chi connectivity index (χ1n) is 5.56. The van der Waals surface area contributed by atoms with E-state index in [0.717, 1.165) is 12.8 Å². The SMILES string of the molecule is Cc1ccsc1[C@H](C)N[C@@H](C)CCCO. The largest absolute Gasteiger partial charge is 0.396 e. The van der Waals surface area contributed by atoms with E-state index in [4.69, 9.17) is 5.11 Å². The van der Waals surface area contributed by atoms with E-state index in [2.05, 4.69) is 37.5 Å². The van der Waals surface area contributed by atoms with Crippen molar-refractivity contribution in [2.24, 2.45) is 0 Å². The number of nitrogens with one attached hydrogen (secondary N) is 1. The van der Waals surface area contributed by atoms with Gasteiger partial charge in [-0.05, 0) is 50.6 Å². The molecule has 0 aliphatic rings. The number of thiophene rings is 1. The number of hydrogen-bond acceptors (Lipinski definition) is 3. The molecule has 0 saturated carbocycles. The average Bonchev–Trinajstić information content (AvgIpc) is 2.61. The summed E-state index contributed by atoms with van der Waals surface area (Å²) in [6.45, 7) is 6.82. The Balaban J connectivity index is 2.42. The van der Waals surface area contributed by atoms with Crippen molar-refractivity contribution < 1.29 is 5.11 Å². The second-order valence-corrected chi connectivity index (χ2v) is 5.07. The Morgan fingerprint density at radius 3 is 2.73 bits per heavy atom. The first-order valence-corrected chi connectivity index (χ1v) is 6.44. The van der Waals surface area contributed by atoms with Crippen LogP contribution < -0.4 is 5.32 Å². The Morgan fingerprint density at radius 2 is 2.20 bits per heavy atom. The van der Waals surface area contributed by atoms with Crippen molar-refractivity contribution in [1.82, 2.24) is 5.32 Å². The summed E-state index contributed by atoms with van der Waals surface area (Å²) in [4.78, 5) is 1.42. The van der Waals surface area contributed by atoms with Gasteiger partial charge in [-0.3, -0.25) is 0 Å². The van der Waals surface area contributed by atoms with Gasteiger partial charge in [0.25, 0.3) is 0 Å². The zero-order valence-corrected chi connectivity index (χ0v) is 10.6. The quantitative estimate of drug-likeness (QED) is 0.783. The Bertz CT molecular complexity index is 285. The highest BCUT2D eigenvalue weighted by Crippen LogP contribution is 2.23. The molecule has 15 heavy (non-hydrogen) atoms. The first-order chi connectivity index (χ1) is 7.15. The predicted octanol–water partition coefficient (Wildman–Crippen LogP) is 2.87. The van der Waals surface area contributed by atoms with Crippen LogP contribution >= 0.6 is 11.3 Å². The molecule has 0 aliphatic heterocycles. The zero-order chi connectivity index (χ0) is 11.3. The predicted molar refractivity (Wildman–Crippen MR) is 66.4 cm³/mol. The molecule has 2 N–H and O–H groups in total. The van der Waals surface area contributed by atoms with E-state index in [-0.39, 0.29) is 0 Å². The van der Waals surface area contributed by atoms with Gasteiger partial charge in [-0.1, -0.05) is 0 Å². The molecule has 0 saturated heterocycles. The lowest BCUT2D eigenvalue weighted by Crippen LogP contribution is -2.28. The van der Waals surface area contributed by atoms with Crippen LogP contribution in [-0.2, 0) is 0 Å². The van der Waals surface area contributed by atoms with Crippen molar-refractivity contribution in [2.45, 2.75) is 45.7 Å². The third-order valence-corrected chi connectivity index (χ3v) is 3.83. The summed E-state index contributed by atoms with van der Waals surface area (Å²) in [6.07, 6.45) is 1.91. The third-order valence-electron chi connectivity index (χ3n) is 2.62. The smallest absolute Gasteiger partial charge is 0.0431 e. The molecule has 0 amide bonds. The van der Waals surface area contributed by atoms with Gasteiger partial charge in [0, 0.05) is 23.6 Å². The first kappa shape index (κ1) is 12.7. The molecule has 0 aromatic carbocycles. The van der Waals surface area contributed by atoms with E-state index in [1.54, 1.807) is 0 Å². The highest BCUT2D eigenvalue weighted by atomic mass is 32.1. The minimum absolute atomic E-state index is 0.290. The lowest BCUT2D eigenvalue weighted by atomic mass is 10.1. The summed E-state index contributed by atoms with van der Waals surface area (Å²) in [5.41, 5.74) is 1.37. The third kappa shape index (κ3) is 3.93. The summed E-state index contributed by atoms with van der Waals surface area (Å²) >= 11 is 1.81. The van der Waals surface area contributed by atoms with Crippen LogP contribution in [0.15, 0.2) is 11.4 Å². The van der Waals surface area contributed by atoms with Gasteiger partial charge in [0.2, 0.25) is 0 Å². The molecule has 86 valence electrons. The van der Waals surface area contributed by atoms with Gasteiger partial charge < -0.3 is 10.4 Å². The molecule has 1 heterocycles. The van der Waals surface area contributed by atoms with E-state index >= 15 is 0 Å². The van der Waals surface area contributed by atoms with E-state index < -0.39 is 0 Å². The van der Waals surface area contributed by atoms with Gasteiger partial charge in [0.05, 0.1) is 0 Å². The fourth-order valence-corrected chi connectivity index (χ4v) is 2.76. The highest BCUT2D eigenvalue weighted by molar-refractivity contribution is 7.10. The Kier molecular flexibility index (Phi) is 5.29. The number of aliphatic hydroxyl groups excluding tert-OH is 1. The fourth-order valence-electron chi connectivity index (χ4n) is 1.81. The second kappa shape index (κ2) is 6.26. The molecule has 2 nitrogen and oxygen atoms in total. The van der Waals surface area contributed by atoms with Gasteiger partial charge in [-0.15, -0.1) is 11.3 Å². The number of aryl methyl sites for hydroxylation is 1. The monoisotopic (exact) mass is 227 g/mol. The average molecular weight is 227 g/mol. The van der Waals surface area contributed by atoms with Crippen molar-refractivity contribution in [2.75, 3.05) is 6.61 Å². The van der Waals surface area contributed by atoms with Gasteiger partial charge >= 0.3 is 0 Å². The van der Waals surface area contributed by atoms with E-state index in [1.807, 2.05) is 11.3 Å². The van der Waals surface area contributed by atoms with Crippen LogP contribution in [0.5, 0.6) is 0 Å². The zero-order valence-electron chi connectivity index (χ0n) is 9.79. The van der Waals surface area contributed by atoms with E-state index in [0.29, 0.717) is 18.7 Å². The lowest BCUT2D eigenvalue weighted by Gasteiger charge is -2.19. The van der Waals surface area contributed by atoms with E-state index in [9.17, 15) is 0 Å². The molecule has 1 aromatic heterocycles. The van der Waals surface area contributed by atoms with Crippen molar-refractivity contribution >= 4 is 11.3 Å². The molecule has 0 radical (unpaired) electrons. The van der Waals surface area contributed by atoms with Crippen LogP contribution in [0, 0.1) is 6.92 Å². The minimum Gasteiger partial charge on any atom is -0.396 e. The number of rotatable bonds is 6. The van der Waals surface area contributed by atoms with Crippen LogP contribution in [0.3, 0.4) is 0 Å². The summed E-state index contributed by atoms with van der Waals surface area (Å²) in [5, 5.41) is 14.4. The molecule has 0 bridgehead atoms. The topological polar surface area (TPSA) is 32.3 Å². The fraction of sp³-hybridized carbons (Fsp3) is 0.667. The van der Waals surface area contributed by atoms with Gasteiger partial charge in [0.15, 0.2) is 0 Å². The van der Waals surface area contributed by atoms with Crippen molar-refractivity contribution in [1.29, 1.82) is 0 Å². The molecule has 2 atom stereocenters. The highest BCUT2D eigenvalue weighted by Gasteiger charge is 2.12. The standard InChI is InChI=1S/C12H21NOS/c1-9-6-8-15-12(9)11(3)13-10(2)5-4-7-14/h6,8,10-11,13-14H,4-5,7H2,1-3H3/t10-,11-/m0/s1. The van der Waals surface area contributed by atoms with Crippen LogP contribution in [-0.4, -0.2) is 17.8 Å². The second-order valence-electron chi connectivity index (χ2n) is 4.12.